The number of hydrogen-bond acceptors (Lipinski definition) is 3. The van der Waals surface area contributed by atoms with E-state index in [9.17, 15) is 0 Å². The molecule has 0 unspecified atom stereocenters. The third kappa shape index (κ3) is 0.881. The van der Waals surface area contributed by atoms with Crippen molar-refractivity contribution in [1.29, 1.82) is 0 Å². The summed E-state index contributed by atoms with van der Waals surface area (Å²) in [5.41, 5.74) is 2.29. The molecule has 0 atom stereocenters. The number of hydrogen-bond donors (Lipinski definition) is 0. The molecule has 2 heterocycles. The summed E-state index contributed by atoms with van der Waals surface area (Å²) >= 11 is 5.88. The number of imidazole rings is 1. The summed E-state index contributed by atoms with van der Waals surface area (Å²) in [6, 6.07) is 0. The summed E-state index contributed by atoms with van der Waals surface area (Å²) in [7, 11) is 0. The van der Waals surface area contributed by atoms with Gasteiger partial charge in [-0.2, -0.15) is 0 Å². The highest BCUT2D eigenvalue weighted by Gasteiger charge is 2.08. The number of aryl methyl sites for hydroxylation is 2. The maximum absolute atomic E-state index is 5.88. The summed E-state index contributed by atoms with van der Waals surface area (Å²) in [4.78, 5) is 12.3. The molecular formula is C7H7ClN4. The van der Waals surface area contributed by atoms with E-state index < -0.39 is 0 Å². The largest absolute Gasteiger partial charge is 0.239 e. The molecule has 2 aromatic rings. The van der Waals surface area contributed by atoms with Crippen LogP contribution in [-0.4, -0.2) is 19.0 Å². The van der Waals surface area contributed by atoms with Crippen molar-refractivity contribution in [2.75, 3.05) is 0 Å². The second-order valence-corrected chi connectivity index (χ2v) is 2.91. The lowest BCUT2D eigenvalue weighted by Gasteiger charge is -1.91. The zero-order valence-corrected chi connectivity index (χ0v) is 7.50. The molecule has 0 aromatic carbocycles. The summed E-state index contributed by atoms with van der Waals surface area (Å²) in [5, 5.41) is 0. The number of halogens is 1. The van der Waals surface area contributed by atoms with Crippen LogP contribution in [0.2, 0.25) is 0 Å². The van der Waals surface area contributed by atoms with Gasteiger partial charge in [-0.05, 0) is 13.8 Å². The molecule has 0 radical (unpaired) electrons. The van der Waals surface area contributed by atoms with Gasteiger partial charge in [-0.3, -0.25) is 0 Å². The molecule has 0 saturated carbocycles. The molecule has 4 nitrogen and oxygen atoms in total. The van der Waals surface area contributed by atoms with Crippen LogP contribution in [0.4, 0.5) is 0 Å². The van der Waals surface area contributed by atoms with Crippen molar-refractivity contribution in [2.24, 2.45) is 0 Å². The fourth-order valence-electron chi connectivity index (χ4n) is 1.09. The van der Waals surface area contributed by atoms with Crippen LogP contribution in [0, 0.1) is 13.8 Å². The van der Waals surface area contributed by atoms with E-state index in [-0.39, 0.29) is 0 Å². The van der Waals surface area contributed by atoms with Crippen LogP contribution in [0.15, 0.2) is 6.33 Å². The van der Waals surface area contributed by atoms with E-state index >= 15 is 0 Å². The van der Waals surface area contributed by atoms with E-state index in [1.807, 2.05) is 13.8 Å². The van der Waals surface area contributed by atoms with Gasteiger partial charge in [0.1, 0.15) is 17.7 Å². The molecule has 0 spiro atoms. The van der Waals surface area contributed by atoms with Crippen LogP contribution in [0.5, 0.6) is 0 Å². The molecule has 0 amide bonds. The van der Waals surface area contributed by atoms with Gasteiger partial charge in [-0.15, -0.1) is 0 Å². The lowest BCUT2D eigenvalue weighted by molar-refractivity contribution is 1.09. The van der Waals surface area contributed by atoms with Crippen LogP contribution < -0.4 is 0 Å². The second-order valence-electron chi connectivity index (χ2n) is 2.57. The molecule has 0 bridgehead atoms. The first-order chi connectivity index (χ1) is 5.70. The van der Waals surface area contributed by atoms with E-state index in [4.69, 9.17) is 11.8 Å². The predicted molar refractivity (Wildman–Crippen MR) is 46.0 cm³/mol. The van der Waals surface area contributed by atoms with E-state index in [1.54, 1.807) is 0 Å². The van der Waals surface area contributed by atoms with Crippen molar-refractivity contribution in [2.45, 2.75) is 13.8 Å². The molecule has 62 valence electrons. The molecule has 0 aliphatic rings. The summed E-state index contributed by atoms with van der Waals surface area (Å²) in [5.74, 6) is 0.732. The van der Waals surface area contributed by atoms with Gasteiger partial charge >= 0.3 is 0 Å². The minimum atomic E-state index is 0.668. The average Bonchev–Trinajstić information content (AvgIpc) is 2.32. The molecule has 0 saturated heterocycles. The van der Waals surface area contributed by atoms with Crippen LogP contribution >= 0.6 is 11.8 Å². The Morgan fingerprint density at radius 1 is 1.33 bits per heavy atom. The van der Waals surface area contributed by atoms with E-state index in [0.717, 1.165) is 17.0 Å². The monoisotopic (exact) mass is 182 g/mol. The van der Waals surface area contributed by atoms with Crippen molar-refractivity contribution in [3.63, 3.8) is 0 Å². The van der Waals surface area contributed by atoms with Crippen LogP contribution in [0.25, 0.3) is 11.2 Å². The Hall–Kier alpha value is -1.16. The van der Waals surface area contributed by atoms with Crippen molar-refractivity contribution in [3.05, 3.63) is 17.8 Å². The van der Waals surface area contributed by atoms with Crippen molar-refractivity contribution in [3.8, 4) is 0 Å². The van der Waals surface area contributed by atoms with E-state index in [2.05, 4.69) is 15.0 Å². The lowest BCUT2D eigenvalue weighted by Crippen LogP contribution is -1.88. The van der Waals surface area contributed by atoms with Crippen LogP contribution in [0.3, 0.4) is 0 Å². The van der Waals surface area contributed by atoms with Gasteiger partial charge < -0.3 is 0 Å². The van der Waals surface area contributed by atoms with Gasteiger partial charge in [0.25, 0.3) is 0 Å². The molecule has 2 aromatic heterocycles. The first-order valence-electron chi connectivity index (χ1n) is 3.53. The van der Waals surface area contributed by atoms with Gasteiger partial charge in [0.15, 0.2) is 5.65 Å². The minimum absolute atomic E-state index is 0.668. The summed E-state index contributed by atoms with van der Waals surface area (Å²) < 4.78 is 1.43. The zero-order chi connectivity index (χ0) is 8.72. The van der Waals surface area contributed by atoms with E-state index in [1.165, 1.54) is 10.4 Å². The predicted octanol–water partition coefficient (Wildman–Crippen LogP) is 1.45. The molecule has 5 heteroatoms. The highest BCUT2D eigenvalue weighted by atomic mass is 35.5. The third-order valence-electron chi connectivity index (χ3n) is 1.73. The van der Waals surface area contributed by atoms with Gasteiger partial charge in [0.05, 0.1) is 5.69 Å². The van der Waals surface area contributed by atoms with Crippen LogP contribution in [-0.2, 0) is 0 Å². The first kappa shape index (κ1) is 7.49. The normalized spacial score (nSPS) is 10.9. The summed E-state index contributed by atoms with van der Waals surface area (Å²) in [6.07, 6.45) is 1.48. The maximum Gasteiger partial charge on any atom is 0.178 e. The molecule has 12 heavy (non-hydrogen) atoms. The Labute approximate surface area is 74.3 Å². The fraction of sp³-hybridized carbons (Fsp3) is 0.286. The van der Waals surface area contributed by atoms with Crippen molar-refractivity contribution in [1.82, 2.24) is 19.0 Å². The molecule has 0 fully saturated rings. The van der Waals surface area contributed by atoms with Gasteiger partial charge in [-0.1, -0.05) is 0 Å². The molecule has 2 rings (SSSR count). The Kier molecular flexibility index (Phi) is 1.51. The fourth-order valence-corrected chi connectivity index (χ4v) is 1.25. The Morgan fingerprint density at radius 3 is 2.75 bits per heavy atom. The first-order valence-corrected chi connectivity index (χ1v) is 3.87. The second kappa shape index (κ2) is 2.42. The van der Waals surface area contributed by atoms with Crippen LogP contribution in [0.1, 0.15) is 11.5 Å². The minimum Gasteiger partial charge on any atom is -0.239 e. The number of aromatic nitrogens is 4. The van der Waals surface area contributed by atoms with Gasteiger partial charge in [0, 0.05) is 11.8 Å². The topological polar surface area (TPSA) is 43.6 Å². The third-order valence-corrected chi connectivity index (χ3v) is 2.13. The Bertz CT molecular complexity index is 434. The molecule has 0 aliphatic carbocycles. The SMILES string of the molecule is Cc1ncnc2c1nc(C)n2Cl. The van der Waals surface area contributed by atoms with Crippen molar-refractivity contribution >= 4 is 22.9 Å². The molecule has 0 N–H and O–H groups in total. The summed E-state index contributed by atoms with van der Waals surface area (Å²) in [6.45, 7) is 3.71. The highest BCUT2D eigenvalue weighted by molar-refractivity contribution is 6.18. The standard InChI is InChI=1S/C7H7ClN4/c1-4-6-7(10-3-9-4)12(8)5(2)11-6/h3H,1-2H3. The molecule has 0 aliphatic heterocycles. The number of rotatable bonds is 0. The Balaban J connectivity index is 2.95. The van der Waals surface area contributed by atoms with E-state index in [0.29, 0.717) is 5.65 Å². The lowest BCUT2D eigenvalue weighted by atomic mass is 10.4. The van der Waals surface area contributed by atoms with Crippen molar-refractivity contribution < 1.29 is 0 Å². The van der Waals surface area contributed by atoms with Gasteiger partial charge in [0.2, 0.25) is 0 Å². The quantitative estimate of drug-likeness (QED) is 0.620. The zero-order valence-electron chi connectivity index (χ0n) is 6.74. The van der Waals surface area contributed by atoms with Gasteiger partial charge in [-0.25, -0.2) is 19.0 Å². The highest BCUT2D eigenvalue weighted by Crippen LogP contribution is 2.15. The smallest absolute Gasteiger partial charge is 0.178 e. The Morgan fingerprint density at radius 2 is 2.08 bits per heavy atom. The molecular weight excluding hydrogens is 176 g/mol. The maximum atomic E-state index is 5.88. The number of nitrogens with zero attached hydrogens (tertiary/aromatic N) is 4. The average molecular weight is 183 g/mol. The number of fused-ring (bicyclic) bond motifs is 1.